The Kier molecular flexibility index (Phi) is 13.9. The maximum atomic E-state index is 12.5. The van der Waals surface area contributed by atoms with Crippen LogP contribution in [0.3, 0.4) is 0 Å². The second kappa shape index (κ2) is 16.0. The van der Waals surface area contributed by atoms with Crippen LogP contribution in [0, 0.1) is 17.8 Å². The molecule has 9 nitrogen and oxygen atoms in total. The Balaban J connectivity index is 2.92. The van der Waals surface area contributed by atoms with Crippen molar-refractivity contribution in [1.29, 1.82) is 0 Å². The highest BCUT2D eigenvalue weighted by molar-refractivity contribution is 5.77. The number of hydrogen-bond donors (Lipinski definition) is 1. The quantitative estimate of drug-likeness (QED) is 0.264. The highest BCUT2D eigenvalue weighted by atomic mass is 16.6. The minimum Gasteiger partial charge on any atom is -0.461 e. The average Bonchev–Trinajstić information content (AvgIpc) is 2.83. The Morgan fingerprint density at radius 3 is 1.86 bits per heavy atom. The SMILES string of the molecule is CCC(C)CC(=O)Oc1ccc(C[C@H](N)C(=O)OC[C@H](C)OC(=O)C(C)C)cc1OC(=O)CC(C)CC. The summed E-state index contributed by atoms with van der Waals surface area (Å²) in [6, 6.07) is 3.72. The highest BCUT2D eigenvalue weighted by Crippen LogP contribution is 2.30. The molecule has 0 heterocycles. The fourth-order valence-electron chi connectivity index (χ4n) is 3.04. The molecule has 0 bridgehead atoms. The number of carbonyl (C=O) groups excluding carboxylic acids is 4. The van der Waals surface area contributed by atoms with Crippen molar-refractivity contribution < 1.29 is 38.1 Å². The molecular formula is C28H43NO8. The largest absolute Gasteiger partial charge is 0.461 e. The molecule has 0 aliphatic carbocycles. The molecule has 9 heteroatoms. The molecule has 0 fully saturated rings. The van der Waals surface area contributed by atoms with E-state index in [0.29, 0.717) is 5.56 Å². The van der Waals surface area contributed by atoms with E-state index in [2.05, 4.69) is 0 Å². The van der Waals surface area contributed by atoms with Gasteiger partial charge in [-0.2, -0.15) is 0 Å². The van der Waals surface area contributed by atoms with Gasteiger partial charge in [0.25, 0.3) is 0 Å². The first-order valence-corrected chi connectivity index (χ1v) is 13.0. The van der Waals surface area contributed by atoms with Crippen LogP contribution >= 0.6 is 0 Å². The summed E-state index contributed by atoms with van der Waals surface area (Å²) in [5.41, 5.74) is 6.63. The van der Waals surface area contributed by atoms with Crippen LogP contribution < -0.4 is 15.2 Å². The molecular weight excluding hydrogens is 478 g/mol. The molecule has 0 spiro atoms. The van der Waals surface area contributed by atoms with Crippen LogP contribution in [0.5, 0.6) is 11.5 Å². The molecule has 0 amide bonds. The van der Waals surface area contributed by atoms with E-state index in [0.717, 1.165) is 12.8 Å². The van der Waals surface area contributed by atoms with Gasteiger partial charge in [-0.3, -0.25) is 19.2 Å². The monoisotopic (exact) mass is 521 g/mol. The van der Waals surface area contributed by atoms with Crippen molar-refractivity contribution in [1.82, 2.24) is 0 Å². The lowest BCUT2D eigenvalue weighted by Crippen LogP contribution is -2.36. The maximum absolute atomic E-state index is 12.5. The Labute approximate surface area is 220 Å². The number of ether oxygens (including phenoxy) is 4. The third kappa shape index (κ3) is 12.2. The molecule has 37 heavy (non-hydrogen) atoms. The smallest absolute Gasteiger partial charge is 0.323 e. The minimum atomic E-state index is -1.00. The van der Waals surface area contributed by atoms with Gasteiger partial charge in [-0.15, -0.1) is 0 Å². The van der Waals surface area contributed by atoms with Gasteiger partial charge in [0.15, 0.2) is 11.5 Å². The second-order valence-electron chi connectivity index (χ2n) is 10.0. The van der Waals surface area contributed by atoms with E-state index >= 15 is 0 Å². The molecule has 0 aliphatic heterocycles. The van der Waals surface area contributed by atoms with Gasteiger partial charge < -0.3 is 24.7 Å². The minimum absolute atomic E-state index is 0.0933. The van der Waals surface area contributed by atoms with E-state index < -0.39 is 30.1 Å². The van der Waals surface area contributed by atoms with Gasteiger partial charge in [0.1, 0.15) is 18.8 Å². The van der Waals surface area contributed by atoms with Crippen LogP contribution in [-0.2, 0) is 35.1 Å². The molecule has 1 aromatic carbocycles. The summed E-state index contributed by atoms with van der Waals surface area (Å²) in [4.78, 5) is 48.9. The van der Waals surface area contributed by atoms with Crippen LogP contribution in [0.25, 0.3) is 0 Å². The molecule has 1 rings (SSSR count). The van der Waals surface area contributed by atoms with E-state index in [1.807, 2.05) is 27.7 Å². The maximum Gasteiger partial charge on any atom is 0.323 e. The lowest BCUT2D eigenvalue weighted by atomic mass is 10.0. The Morgan fingerprint density at radius 2 is 1.35 bits per heavy atom. The number of rotatable bonds is 15. The van der Waals surface area contributed by atoms with Crippen molar-refractivity contribution in [2.45, 2.75) is 92.7 Å². The summed E-state index contributed by atoms with van der Waals surface area (Å²) >= 11 is 0. The fourth-order valence-corrected chi connectivity index (χ4v) is 3.04. The number of esters is 4. The van der Waals surface area contributed by atoms with Gasteiger partial charge in [0, 0.05) is 12.8 Å². The highest BCUT2D eigenvalue weighted by Gasteiger charge is 2.22. The molecule has 208 valence electrons. The van der Waals surface area contributed by atoms with Gasteiger partial charge >= 0.3 is 23.9 Å². The number of benzene rings is 1. The summed E-state index contributed by atoms with van der Waals surface area (Å²) in [6.07, 6.45) is 1.59. The Hall–Kier alpha value is -2.94. The van der Waals surface area contributed by atoms with E-state index in [4.69, 9.17) is 24.7 Å². The first-order valence-electron chi connectivity index (χ1n) is 13.0. The molecule has 4 atom stereocenters. The van der Waals surface area contributed by atoms with Gasteiger partial charge in [-0.25, -0.2) is 0 Å². The number of nitrogens with two attached hydrogens (primary N) is 1. The molecule has 2 N–H and O–H groups in total. The van der Waals surface area contributed by atoms with Crippen LogP contribution in [0.2, 0.25) is 0 Å². The van der Waals surface area contributed by atoms with Crippen molar-refractivity contribution in [2.24, 2.45) is 23.5 Å². The Bertz CT molecular complexity index is 913. The summed E-state index contributed by atoms with van der Waals surface area (Å²) in [5.74, 6) is -1.68. The van der Waals surface area contributed by atoms with Gasteiger partial charge in [-0.05, 0) is 42.9 Å². The van der Waals surface area contributed by atoms with Gasteiger partial charge in [0.2, 0.25) is 0 Å². The van der Waals surface area contributed by atoms with E-state index in [1.54, 1.807) is 32.9 Å². The fraction of sp³-hybridized carbons (Fsp3) is 0.643. The lowest BCUT2D eigenvalue weighted by molar-refractivity contribution is -0.161. The van der Waals surface area contributed by atoms with Crippen molar-refractivity contribution in [3.63, 3.8) is 0 Å². The predicted octanol–water partition coefficient (Wildman–Crippen LogP) is 4.37. The Morgan fingerprint density at radius 1 is 0.811 bits per heavy atom. The van der Waals surface area contributed by atoms with Crippen molar-refractivity contribution in [2.75, 3.05) is 6.61 Å². The predicted molar refractivity (Wildman–Crippen MR) is 139 cm³/mol. The normalized spacial score (nSPS) is 14.3. The standard InChI is InChI=1S/C28H43NO8/c1-8-18(5)12-25(30)36-23-11-10-21(15-24(23)37-26(31)13-19(6)9-2)14-22(29)28(33)34-16-20(7)35-27(32)17(3)4/h10-11,15,17-20,22H,8-9,12-14,16,29H2,1-7H3/t18?,19?,20-,22-/m0/s1. The second-order valence-corrected chi connectivity index (χ2v) is 10.0. The van der Waals surface area contributed by atoms with E-state index in [1.165, 1.54) is 6.07 Å². The molecule has 0 saturated carbocycles. The molecule has 0 radical (unpaired) electrons. The first kappa shape index (κ1) is 32.1. The molecule has 2 unspecified atom stereocenters. The van der Waals surface area contributed by atoms with Crippen LogP contribution in [0.4, 0.5) is 0 Å². The summed E-state index contributed by atoms with van der Waals surface area (Å²) < 4.78 is 21.4. The van der Waals surface area contributed by atoms with Crippen molar-refractivity contribution in [3.05, 3.63) is 23.8 Å². The summed E-state index contributed by atoms with van der Waals surface area (Å²) in [6.45, 7) is 12.8. The number of hydrogen-bond acceptors (Lipinski definition) is 9. The number of carbonyl (C=O) groups is 4. The first-order chi connectivity index (χ1) is 17.4. The van der Waals surface area contributed by atoms with Gasteiger partial charge in [-0.1, -0.05) is 60.5 Å². The summed E-state index contributed by atoms with van der Waals surface area (Å²) in [5, 5.41) is 0. The lowest BCUT2D eigenvalue weighted by Gasteiger charge is -2.18. The summed E-state index contributed by atoms with van der Waals surface area (Å²) in [7, 11) is 0. The molecule has 1 aromatic rings. The van der Waals surface area contributed by atoms with Gasteiger partial charge in [0.05, 0.1) is 5.92 Å². The zero-order valence-corrected chi connectivity index (χ0v) is 23.2. The average molecular weight is 522 g/mol. The van der Waals surface area contributed by atoms with Crippen LogP contribution in [0.15, 0.2) is 18.2 Å². The molecule has 0 aliphatic rings. The third-order valence-electron chi connectivity index (χ3n) is 5.89. The zero-order valence-electron chi connectivity index (χ0n) is 23.2. The molecule has 0 saturated heterocycles. The van der Waals surface area contributed by atoms with E-state index in [9.17, 15) is 19.2 Å². The topological polar surface area (TPSA) is 131 Å². The zero-order chi connectivity index (χ0) is 28.1. The third-order valence-corrected chi connectivity index (χ3v) is 5.89. The van der Waals surface area contributed by atoms with Crippen LogP contribution in [-0.4, -0.2) is 42.6 Å². The van der Waals surface area contributed by atoms with Crippen LogP contribution in [0.1, 0.15) is 79.7 Å². The van der Waals surface area contributed by atoms with Crippen molar-refractivity contribution >= 4 is 23.9 Å². The molecule has 0 aromatic heterocycles. The van der Waals surface area contributed by atoms with Crippen molar-refractivity contribution in [3.8, 4) is 11.5 Å². The van der Waals surface area contributed by atoms with E-state index in [-0.39, 0.29) is 61.1 Å².